The molecule has 5 rings (SSSR count). The second-order valence-corrected chi connectivity index (χ2v) is 10.9. The predicted octanol–water partition coefficient (Wildman–Crippen LogP) is 5.24. The summed E-state index contributed by atoms with van der Waals surface area (Å²) in [6, 6.07) is 2.15. The largest absolute Gasteiger partial charge is 0.356 e. The van der Waals surface area contributed by atoms with Gasteiger partial charge in [-0.25, -0.2) is 15.0 Å². The van der Waals surface area contributed by atoms with E-state index in [9.17, 15) is 4.79 Å². The maximum absolute atomic E-state index is 13.0. The van der Waals surface area contributed by atoms with Gasteiger partial charge in [0.25, 0.3) is 0 Å². The number of fused-ring (bicyclic) bond motifs is 1. The third-order valence-electron chi connectivity index (χ3n) is 6.90. The van der Waals surface area contributed by atoms with Gasteiger partial charge in [-0.1, -0.05) is 0 Å². The first-order valence-corrected chi connectivity index (χ1v) is 12.9. The summed E-state index contributed by atoms with van der Waals surface area (Å²) >= 11 is 3.20. The summed E-state index contributed by atoms with van der Waals surface area (Å²) < 4.78 is 2.16. The Morgan fingerprint density at radius 2 is 1.91 bits per heavy atom. The molecular formula is C24H28N6OS2. The van der Waals surface area contributed by atoms with E-state index in [2.05, 4.69) is 70.5 Å². The van der Waals surface area contributed by atoms with E-state index in [0.717, 1.165) is 53.2 Å². The van der Waals surface area contributed by atoms with Crippen LogP contribution in [0.3, 0.4) is 0 Å². The van der Waals surface area contributed by atoms with Crippen molar-refractivity contribution in [2.45, 2.75) is 40.5 Å². The van der Waals surface area contributed by atoms with E-state index < -0.39 is 0 Å². The first kappa shape index (κ1) is 22.0. The quantitative estimate of drug-likeness (QED) is 0.432. The van der Waals surface area contributed by atoms with Gasteiger partial charge in [-0.3, -0.25) is 4.79 Å². The average Bonchev–Trinajstić information content (AvgIpc) is 3.47. The lowest BCUT2D eigenvalue weighted by atomic mass is 9.96. The van der Waals surface area contributed by atoms with Crippen molar-refractivity contribution in [3.63, 3.8) is 0 Å². The molecule has 0 atom stereocenters. The first-order chi connectivity index (χ1) is 15.8. The van der Waals surface area contributed by atoms with Crippen LogP contribution in [0, 0.1) is 33.6 Å². The van der Waals surface area contributed by atoms with Crippen LogP contribution in [0.15, 0.2) is 17.8 Å². The number of rotatable bonds is 4. The minimum Gasteiger partial charge on any atom is -0.356 e. The Balaban J connectivity index is 1.25. The number of piperidine rings is 1. The molecule has 7 nitrogen and oxygen atoms in total. The van der Waals surface area contributed by atoms with Gasteiger partial charge in [0, 0.05) is 53.3 Å². The number of aryl methyl sites for hydroxylation is 3. The fraction of sp³-hybridized carbons (Fsp3) is 0.417. The Hall–Kier alpha value is -2.78. The van der Waals surface area contributed by atoms with E-state index in [1.54, 1.807) is 17.7 Å². The maximum Gasteiger partial charge on any atom is 0.229 e. The molecule has 0 bridgehead atoms. The Bertz CT molecular complexity index is 1340. The third-order valence-corrected chi connectivity index (χ3v) is 8.77. The Kier molecular flexibility index (Phi) is 5.70. The number of thiophene rings is 1. The number of anilines is 2. The number of nitrogens with one attached hydrogen (secondary N) is 1. The molecule has 0 spiro atoms. The molecule has 4 aromatic rings. The molecule has 1 saturated heterocycles. The van der Waals surface area contributed by atoms with Crippen molar-refractivity contribution < 1.29 is 4.79 Å². The molecule has 1 aliphatic heterocycles. The van der Waals surface area contributed by atoms with Crippen LogP contribution in [0.1, 0.15) is 34.7 Å². The highest BCUT2D eigenvalue weighted by atomic mass is 32.1. The number of hydrogen-bond acceptors (Lipinski definition) is 7. The van der Waals surface area contributed by atoms with Crippen molar-refractivity contribution >= 4 is 49.7 Å². The molecule has 9 heteroatoms. The van der Waals surface area contributed by atoms with Crippen LogP contribution in [-0.2, 0) is 11.8 Å². The molecule has 0 saturated carbocycles. The minimum absolute atomic E-state index is 0.0167. The van der Waals surface area contributed by atoms with E-state index in [-0.39, 0.29) is 11.8 Å². The number of amides is 1. The van der Waals surface area contributed by atoms with E-state index in [1.807, 2.05) is 5.38 Å². The highest BCUT2D eigenvalue weighted by molar-refractivity contribution is 7.18. The van der Waals surface area contributed by atoms with Crippen LogP contribution in [0.4, 0.5) is 10.9 Å². The van der Waals surface area contributed by atoms with Crippen molar-refractivity contribution in [2.24, 2.45) is 13.0 Å². The predicted molar refractivity (Wildman–Crippen MR) is 136 cm³/mol. The molecule has 0 radical (unpaired) electrons. The molecule has 1 N–H and O–H groups in total. The molecule has 0 aliphatic carbocycles. The highest BCUT2D eigenvalue weighted by Gasteiger charge is 2.28. The van der Waals surface area contributed by atoms with Gasteiger partial charge in [0.2, 0.25) is 5.91 Å². The minimum atomic E-state index is -0.0167. The number of hydrogen-bond donors (Lipinski definition) is 1. The summed E-state index contributed by atoms with van der Waals surface area (Å²) in [5.41, 5.74) is 5.67. The van der Waals surface area contributed by atoms with Crippen LogP contribution >= 0.6 is 22.7 Å². The van der Waals surface area contributed by atoms with Gasteiger partial charge in [0.05, 0.1) is 11.1 Å². The number of carbonyl (C=O) groups excluding carboxylic acids is 1. The molecule has 1 fully saturated rings. The summed E-state index contributed by atoms with van der Waals surface area (Å²) in [7, 11) is 2.06. The molecular weight excluding hydrogens is 452 g/mol. The van der Waals surface area contributed by atoms with Gasteiger partial charge in [-0.05, 0) is 52.2 Å². The zero-order chi connectivity index (χ0) is 23.3. The summed E-state index contributed by atoms with van der Waals surface area (Å²) in [4.78, 5) is 31.3. The van der Waals surface area contributed by atoms with Crippen LogP contribution < -0.4 is 10.2 Å². The van der Waals surface area contributed by atoms with Gasteiger partial charge in [0.1, 0.15) is 17.0 Å². The summed E-state index contributed by atoms with van der Waals surface area (Å²) in [6.07, 6.45) is 3.26. The number of aromatic nitrogens is 4. The molecule has 1 aliphatic rings. The van der Waals surface area contributed by atoms with E-state index in [4.69, 9.17) is 0 Å². The number of nitrogens with zero attached hydrogens (tertiary/aromatic N) is 5. The van der Waals surface area contributed by atoms with Crippen molar-refractivity contribution in [2.75, 3.05) is 23.3 Å². The summed E-state index contributed by atoms with van der Waals surface area (Å²) in [5.74, 6) is 1.04. The summed E-state index contributed by atoms with van der Waals surface area (Å²) in [6.45, 7) is 10.1. The van der Waals surface area contributed by atoms with Crippen LogP contribution in [0.5, 0.6) is 0 Å². The van der Waals surface area contributed by atoms with Gasteiger partial charge in [-0.2, -0.15) is 0 Å². The van der Waals surface area contributed by atoms with Crippen LogP contribution in [-0.4, -0.2) is 38.5 Å². The highest BCUT2D eigenvalue weighted by Crippen LogP contribution is 2.36. The summed E-state index contributed by atoms with van der Waals surface area (Å²) in [5, 5.41) is 6.90. The third kappa shape index (κ3) is 3.93. The first-order valence-electron chi connectivity index (χ1n) is 11.2. The molecule has 1 amide bonds. The fourth-order valence-electron chi connectivity index (χ4n) is 4.53. The Morgan fingerprint density at radius 1 is 1.15 bits per heavy atom. The monoisotopic (exact) mass is 480 g/mol. The zero-order valence-electron chi connectivity index (χ0n) is 19.6. The molecule has 33 heavy (non-hydrogen) atoms. The molecule has 0 aromatic carbocycles. The van der Waals surface area contributed by atoms with E-state index in [1.165, 1.54) is 33.2 Å². The Labute approximate surface area is 201 Å². The van der Waals surface area contributed by atoms with Crippen molar-refractivity contribution in [3.05, 3.63) is 39.6 Å². The second kappa shape index (κ2) is 8.53. The lowest BCUT2D eigenvalue weighted by Crippen LogP contribution is -2.38. The average molecular weight is 481 g/mol. The van der Waals surface area contributed by atoms with Gasteiger partial charge in [0.15, 0.2) is 5.13 Å². The van der Waals surface area contributed by atoms with Gasteiger partial charge < -0.3 is 14.8 Å². The molecule has 172 valence electrons. The van der Waals surface area contributed by atoms with Crippen molar-refractivity contribution in [1.82, 2.24) is 19.5 Å². The van der Waals surface area contributed by atoms with Crippen LogP contribution in [0.2, 0.25) is 0 Å². The topological polar surface area (TPSA) is 75.9 Å². The Morgan fingerprint density at radius 3 is 2.61 bits per heavy atom. The number of carbonyl (C=O) groups is 1. The van der Waals surface area contributed by atoms with Crippen LogP contribution in [0.25, 0.3) is 21.5 Å². The van der Waals surface area contributed by atoms with Gasteiger partial charge in [-0.15, -0.1) is 22.7 Å². The normalized spacial score (nSPS) is 14.9. The lowest BCUT2D eigenvalue weighted by molar-refractivity contribution is -0.120. The van der Waals surface area contributed by atoms with Crippen molar-refractivity contribution in [1.29, 1.82) is 0 Å². The fourth-order valence-corrected chi connectivity index (χ4v) is 6.24. The molecule has 0 unspecified atom stereocenters. The van der Waals surface area contributed by atoms with Crippen molar-refractivity contribution in [3.8, 4) is 11.3 Å². The lowest BCUT2D eigenvalue weighted by Gasteiger charge is -2.32. The molecule has 5 heterocycles. The zero-order valence-corrected chi connectivity index (χ0v) is 21.2. The SMILES string of the molecule is Cc1sc2ncnc(N3CCC(C(=O)Nc4nc(-c5cc(C)n(C)c5C)cs4)CC3)c2c1C. The smallest absolute Gasteiger partial charge is 0.229 e. The van der Waals surface area contributed by atoms with E-state index >= 15 is 0 Å². The second-order valence-electron chi connectivity index (χ2n) is 8.79. The van der Waals surface area contributed by atoms with Gasteiger partial charge >= 0.3 is 0 Å². The standard InChI is InChI=1S/C24H28N6OS2/c1-13-10-18(15(3)29(13)5)19-11-32-24(27-19)28-22(31)17-6-8-30(9-7-17)21-20-14(2)16(4)33-23(20)26-12-25-21/h10-12,17H,6-9H2,1-5H3,(H,27,28,31). The number of thiazole rings is 1. The van der Waals surface area contributed by atoms with E-state index in [0.29, 0.717) is 5.13 Å². The maximum atomic E-state index is 13.0. The molecule has 4 aromatic heterocycles.